The Morgan fingerprint density at radius 2 is 1.89 bits per heavy atom. The lowest BCUT2D eigenvalue weighted by atomic mass is 9.89. The smallest absolute Gasteiger partial charge is 0.262 e. The van der Waals surface area contributed by atoms with Crippen molar-refractivity contribution in [2.75, 3.05) is 17.8 Å². The number of ether oxygens (including phenoxy) is 1. The number of nitrogens with one attached hydrogen (secondary N) is 2. The predicted octanol–water partition coefficient (Wildman–Crippen LogP) is 3.48. The van der Waals surface area contributed by atoms with E-state index in [-0.39, 0.29) is 11.0 Å². The molecule has 27 heavy (non-hydrogen) atoms. The van der Waals surface area contributed by atoms with Gasteiger partial charge in [0.2, 0.25) is 0 Å². The lowest BCUT2D eigenvalue weighted by molar-refractivity contribution is 0.177. The molecule has 0 aromatic heterocycles. The van der Waals surface area contributed by atoms with Crippen molar-refractivity contribution < 1.29 is 13.2 Å². The molecule has 138 valence electrons. The number of rotatable bonds is 3. The molecular weight excluding hydrogens is 360 g/mol. The third kappa shape index (κ3) is 2.85. The van der Waals surface area contributed by atoms with Crippen LogP contribution in [0, 0.1) is 0 Å². The first-order chi connectivity index (χ1) is 13.1. The Morgan fingerprint density at radius 3 is 2.81 bits per heavy atom. The lowest BCUT2D eigenvalue weighted by Crippen LogP contribution is -2.39. The predicted molar refractivity (Wildman–Crippen MR) is 106 cm³/mol. The van der Waals surface area contributed by atoms with E-state index in [0.717, 1.165) is 41.6 Å². The summed E-state index contributed by atoms with van der Waals surface area (Å²) < 4.78 is 34.8. The second-order valence-electron chi connectivity index (χ2n) is 7.09. The van der Waals surface area contributed by atoms with Crippen LogP contribution in [-0.2, 0) is 10.0 Å². The summed E-state index contributed by atoms with van der Waals surface area (Å²) in [5, 5.41) is 4.97. The van der Waals surface area contributed by atoms with Gasteiger partial charge in [0.25, 0.3) is 10.0 Å². The molecule has 5 rings (SSSR count). The summed E-state index contributed by atoms with van der Waals surface area (Å²) in [5.41, 5.74) is 1.67. The van der Waals surface area contributed by atoms with Crippen molar-refractivity contribution in [3.63, 3.8) is 0 Å². The van der Waals surface area contributed by atoms with E-state index in [2.05, 4.69) is 10.0 Å². The van der Waals surface area contributed by atoms with Crippen LogP contribution in [0.3, 0.4) is 0 Å². The minimum atomic E-state index is -3.69. The van der Waals surface area contributed by atoms with Gasteiger partial charge in [0.05, 0.1) is 4.90 Å². The van der Waals surface area contributed by atoms with Gasteiger partial charge in [-0.1, -0.05) is 36.4 Å². The fourth-order valence-electron chi connectivity index (χ4n) is 4.12. The molecule has 2 N–H and O–H groups in total. The van der Waals surface area contributed by atoms with Gasteiger partial charge in [-0.05, 0) is 42.6 Å². The topological polar surface area (TPSA) is 67.4 Å². The van der Waals surface area contributed by atoms with Crippen molar-refractivity contribution in [3.05, 3.63) is 66.2 Å². The van der Waals surface area contributed by atoms with E-state index in [1.807, 2.05) is 42.5 Å². The largest absolute Gasteiger partial charge is 0.488 e. The Balaban J connectivity index is 1.50. The van der Waals surface area contributed by atoms with E-state index in [9.17, 15) is 8.42 Å². The van der Waals surface area contributed by atoms with Crippen LogP contribution in [0.4, 0.5) is 5.69 Å². The maximum atomic E-state index is 13.0. The van der Waals surface area contributed by atoms with E-state index >= 15 is 0 Å². The maximum absolute atomic E-state index is 13.0. The zero-order valence-electron chi connectivity index (χ0n) is 14.7. The number of hydrogen-bond donors (Lipinski definition) is 2. The van der Waals surface area contributed by atoms with Crippen molar-refractivity contribution in [1.29, 1.82) is 0 Å². The summed E-state index contributed by atoms with van der Waals surface area (Å²) in [7, 11) is -3.69. The normalized spacial score (nSPS) is 21.3. The molecule has 0 aliphatic carbocycles. The second kappa shape index (κ2) is 6.25. The van der Waals surface area contributed by atoms with Gasteiger partial charge in [-0.15, -0.1) is 0 Å². The molecule has 0 amide bonds. The molecule has 2 aliphatic rings. The second-order valence-corrected chi connectivity index (χ2v) is 8.74. The van der Waals surface area contributed by atoms with E-state index < -0.39 is 10.0 Å². The summed E-state index contributed by atoms with van der Waals surface area (Å²) in [6, 6.07) is 18.4. The van der Waals surface area contributed by atoms with Crippen LogP contribution in [0.1, 0.15) is 17.9 Å². The molecule has 2 heterocycles. The summed E-state index contributed by atoms with van der Waals surface area (Å²) in [6.45, 7) is 1.78. The molecular formula is C21H20N2O3S. The maximum Gasteiger partial charge on any atom is 0.262 e. The Labute approximate surface area is 158 Å². The van der Waals surface area contributed by atoms with Crippen LogP contribution in [0.5, 0.6) is 5.75 Å². The minimum absolute atomic E-state index is 0.138. The summed E-state index contributed by atoms with van der Waals surface area (Å²) >= 11 is 0. The molecule has 1 saturated heterocycles. The van der Waals surface area contributed by atoms with Crippen LogP contribution < -0.4 is 14.8 Å². The highest BCUT2D eigenvalue weighted by Crippen LogP contribution is 2.42. The third-order valence-corrected chi connectivity index (χ3v) is 6.84. The molecule has 6 heteroatoms. The molecule has 3 aromatic carbocycles. The van der Waals surface area contributed by atoms with Gasteiger partial charge in [0.1, 0.15) is 11.9 Å². The minimum Gasteiger partial charge on any atom is -0.488 e. The molecule has 3 aromatic rings. The first-order valence-corrected chi connectivity index (χ1v) is 10.6. The zero-order valence-corrected chi connectivity index (χ0v) is 15.5. The van der Waals surface area contributed by atoms with Crippen molar-refractivity contribution in [1.82, 2.24) is 5.32 Å². The van der Waals surface area contributed by atoms with Crippen molar-refractivity contribution >= 4 is 26.5 Å². The Hall–Kier alpha value is -2.57. The fraction of sp³-hybridized carbons (Fsp3) is 0.238. The highest BCUT2D eigenvalue weighted by atomic mass is 32.2. The van der Waals surface area contributed by atoms with Gasteiger partial charge in [-0.3, -0.25) is 4.72 Å². The average molecular weight is 380 g/mol. The Morgan fingerprint density at radius 1 is 1.04 bits per heavy atom. The molecule has 0 saturated carbocycles. The summed E-state index contributed by atoms with van der Waals surface area (Å²) in [4.78, 5) is 0.289. The van der Waals surface area contributed by atoms with Gasteiger partial charge in [0, 0.05) is 29.1 Å². The number of benzene rings is 3. The Bertz CT molecular complexity index is 1120. The number of piperidine rings is 1. The van der Waals surface area contributed by atoms with Gasteiger partial charge in [-0.25, -0.2) is 8.42 Å². The van der Waals surface area contributed by atoms with Crippen LogP contribution in [0.25, 0.3) is 10.8 Å². The van der Waals surface area contributed by atoms with Crippen LogP contribution in [-0.4, -0.2) is 27.6 Å². The summed E-state index contributed by atoms with van der Waals surface area (Å²) in [6.07, 6.45) is 1.13. The van der Waals surface area contributed by atoms with E-state index in [4.69, 9.17) is 4.74 Å². The number of fused-ring (bicyclic) bond motifs is 4. The third-order valence-electron chi connectivity index (χ3n) is 5.41. The number of sulfonamides is 1. The SMILES string of the molecule is O=S(=O)(Nc1ccc2c(c1)C1CCNCC1O2)c1cccc2ccccc12. The van der Waals surface area contributed by atoms with Crippen LogP contribution >= 0.6 is 0 Å². The van der Waals surface area contributed by atoms with Gasteiger partial charge < -0.3 is 10.1 Å². The number of hydrogen-bond acceptors (Lipinski definition) is 4. The van der Waals surface area contributed by atoms with Crippen molar-refractivity contribution in [3.8, 4) is 5.75 Å². The molecule has 2 unspecified atom stereocenters. The molecule has 0 spiro atoms. The first kappa shape index (κ1) is 16.6. The lowest BCUT2D eigenvalue weighted by Gasteiger charge is -2.24. The quantitative estimate of drug-likeness (QED) is 0.730. The monoisotopic (exact) mass is 380 g/mol. The molecule has 0 radical (unpaired) electrons. The first-order valence-electron chi connectivity index (χ1n) is 9.14. The molecule has 5 nitrogen and oxygen atoms in total. The summed E-state index contributed by atoms with van der Waals surface area (Å²) in [5.74, 6) is 1.19. The number of anilines is 1. The Kier molecular flexibility index (Phi) is 3.84. The standard InChI is InChI=1S/C21H20N2O3S/c24-27(25,21-7-3-5-14-4-1-2-6-16(14)21)23-15-8-9-19-18(12-15)17-10-11-22-13-20(17)26-19/h1-9,12,17,20,22-23H,10-11,13H2. The van der Waals surface area contributed by atoms with Crippen LogP contribution in [0.2, 0.25) is 0 Å². The van der Waals surface area contributed by atoms with E-state index in [1.165, 1.54) is 0 Å². The van der Waals surface area contributed by atoms with Crippen molar-refractivity contribution in [2.45, 2.75) is 23.3 Å². The van der Waals surface area contributed by atoms with E-state index in [1.54, 1.807) is 18.2 Å². The van der Waals surface area contributed by atoms with E-state index in [0.29, 0.717) is 11.6 Å². The molecule has 2 atom stereocenters. The van der Waals surface area contributed by atoms with Gasteiger partial charge >= 0.3 is 0 Å². The molecule has 0 bridgehead atoms. The van der Waals surface area contributed by atoms with Gasteiger partial charge in [0.15, 0.2) is 0 Å². The average Bonchev–Trinajstić information content (AvgIpc) is 3.05. The zero-order chi connectivity index (χ0) is 18.4. The van der Waals surface area contributed by atoms with Gasteiger partial charge in [-0.2, -0.15) is 0 Å². The fourth-order valence-corrected chi connectivity index (χ4v) is 5.40. The van der Waals surface area contributed by atoms with Crippen LogP contribution in [0.15, 0.2) is 65.6 Å². The highest BCUT2D eigenvalue weighted by molar-refractivity contribution is 7.93. The van der Waals surface area contributed by atoms with Crippen molar-refractivity contribution in [2.24, 2.45) is 0 Å². The molecule has 2 aliphatic heterocycles. The highest BCUT2D eigenvalue weighted by Gasteiger charge is 2.36. The molecule has 1 fully saturated rings.